The van der Waals surface area contributed by atoms with Crippen LogP contribution in [0.1, 0.15) is 46.1 Å². The molecule has 1 aromatic carbocycles. The van der Waals surface area contributed by atoms with Crippen molar-refractivity contribution in [1.29, 1.82) is 0 Å². The van der Waals surface area contributed by atoms with E-state index in [-0.39, 0.29) is 11.8 Å². The van der Waals surface area contributed by atoms with E-state index in [1.807, 2.05) is 67.4 Å². The zero-order valence-electron chi connectivity index (χ0n) is 18.7. The molecule has 0 saturated carbocycles. The Kier molecular flexibility index (Phi) is 5.69. The van der Waals surface area contributed by atoms with E-state index in [9.17, 15) is 4.79 Å². The molecule has 5 rings (SSSR count). The van der Waals surface area contributed by atoms with E-state index in [2.05, 4.69) is 15.1 Å². The highest BCUT2D eigenvalue weighted by molar-refractivity contribution is 5.95. The number of likely N-dealkylation sites (tertiary alicyclic amines) is 1. The molecule has 0 N–H and O–H groups in total. The maximum atomic E-state index is 13.1. The summed E-state index contributed by atoms with van der Waals surface area (Å²) in [5.41, 5.74) is 5.31. The molecule has 1 amide bonds. The normalized spacial score (nSPS) is 14.4. The molecule has 33 heavy (non-hydrogen) atoms. The molecular weight excluding hydrogens is 414 g/mol. The molecule has 1 fully saturated rings. The number of hydrogen-bond acceptors (Lipinski definition) is 6. The number of carbonyl (C=O) groups excluding carboxylic acids is 1. The number of piperidine rings is 1. The first kappa shape index (κ1) is 21.0. The lowest BCUT2D eigenvalue weighted by atomic mass is 9.89. The third-order valence-corrected chi connectivity index (χ3v) is 6.19. The van der Waals surface area contributed by atoms with Gasteiger partial charge in [-0.1, -0.05) is 23.4 Å². The largest absolute Gasteiger partial charge is 0.356 e. The van der Waals surface area contributed by atoms with Crippen molar-refractivity contribution in [3.05, 3.63) is 83.6 Å². The van der Waals surface area contributed by atoms with Gasteiger partial charge < -0.3 is 9.42 Å². The number of amides is 1. The van der Waals surface area contributed by atoms with Gasteiger partial charge in [0.1, 0.15) is 0 Å². The highest BCUT2D eigenvalue weighted by Gasteiger charge is 2.29. The average Bonchev–Trinajstić information content (AvgIpc) is 3.30. The third-order valence-electron chi connectivity index (χ3n) is 6.19. The van der Waals surface area contributed by atoms with E-state index >= 15 is 0 Å². The summed E-state index contributed by atoms with van der Waals surface area (Å²) in [5, 5.41) is 4.05. The maximum absolute atomic E-state index is 13.1. The molecular formula is C26H25N5O2. The van der Waals surface area contributed by atoms with Crippen LogP contribution in [0.4, 0.5) is 0 Å². The van der Waals surface area contributed by atoms with Crippen LogP contribution < -0.4 is 0 Å². The standard InChI is InChI=1S/C26H25N5O2/c1-17-5-3-4-6-21(17)26(32)31-13-9-19(10-14-31)24-22(23-15-18(2)30-33-23)16-28-25(29-24)20-7-11-27-12-8-20/h3-8,11-12,15-16,19H,9-10,13-14H2,1-2H3. The van der Waals surface area contributed by atoms with Crippen molar-refractivity contribution >= 4 is 5.91 Å². The van der Waals surface area contributed by atoms with Crippen molar-refractivity contribution in [2.75, 3.05) is 13.1 Å². The van der Waals surface area contributed by atoms with Crippen molar-refractivity contribution in [3.8, 4) is 22.7 Å². The van der Waals surface area contributed by atoms with Crippen LogP contribution in [0.15, 0.2) is 65.6 Å². The fraction of sp³-hybridized carbons (Fsp3) is 0.269. The topological polar surface area (TPSA) is 85.0 Å². The minimum absolute atomic E-state index is 0.0952. The lowest BCUT2D eigenvalue weighted by molar-refractivity contribution is 0.0711. The maximum Gasteiger partial charge on any atom is 0.254 e. The van der Waals surface area contributed by atoms with E-state index in [0.717, 1.165) is 46.5 Å². The SMILES string of the molecule is Cc1cc(-c2cnc(-c3ccncc3)nc2C2CCN(C(=O)c3ccccc3C)CC2)on1. The van der Waals surface area contributed by atoms with Crippen LogP contribution in [0, 0.1) is 13.8 Å². The Bertz CT molecular complexity index is 1280. The van der Waals surface area contributed by atoms with Gasteiger partial charge in [-0.2, -0.15) is 0 Å². The smallest absolute Gasteiger partial charge is 0.254 e. The summed E-state index contributed by atoms with van der Waals surface area (Å²) in [5.74, 6) is 1.61. The lowest BCUT2D eigenvalue weighted by Crippen LogP contribution is -2.38. The fourth-order valence-corrected chi connectivity index (χ4v) is 4.37. The van der Waals surface area contributed by atoms with Crippen LogP contribution in [0.5, 0.6) is 0 Å². The highest BCUT2D eigenvalue weighted by Crippen LogP contribution is 2.35. The number of carbonyl (C=O) groups is 1. The molecule has 0 bridgehead atoms. The number of aromatic nitrogens is 4. The summed E-state index contributed by atoms with van der Waals surface area (Å²) in [6.07, 6.45) is 6.95. The Labute approximate surface area is 192 Å². The first-order valence-corrected chi connectivity index (χ1v) is 11.2. The molecule has 4 aromatic rings. The average molecular weight is 440 g/mol. The number of rotatable bonds is 4. The van der Waals surface area contributed by atoms with Gasteiger partial charge in [0, 0.05) is 54.8 Å². The van der Waals surface area contributed by atoms with Gasteiger partial charge in [-0.05, 0) is 50.5 Å². The number of benzene rings is 1. The molecule has 7 heteroatoms. The van der Waals surface area contributed by atoms with Gasteiger partial charge in [0.2, 0.25) is 0 Å². The van der Waals surface area contributed by atoms with Crippen molar-refractivity contribution in [3.63, 3.8) is 0 Å². The van der Waals surface area contributed by atoms with Crippen LogP contribution in [0.25, 0.3) is 22.7 Å². The first-order chi connectivity index (χ1) is 16.1. The van der Waals surface area contributed by atoms with E-state index in [1.165, 1.54) is 0 Å². The van der Waals surface area contributed by atoms with Gasteiger partial charge in [0.15, 0.2) is 11.6 Å². The van der Waals surface area contributed by atoms with E-state index < -0.39 is 0 Å². The Morgan fingerprint density at radius 1 is 1.06 bits per heavy atom. The number of nitrogens with zero attached hydrogens (tertiary/aromatic N) is 5. The van der Waals surface area contributed by atoms with Gasteiger partial charge >= 0.3 is 0 Å². The van der Waals surface area contributed by atoms with Crippen LogP contribution in [-0.2, 0) is 0 Å². The minimum atomic E-state index is 0.0952. The summed E-state index contributed by atoms with van der Waals surface area (Å²) < 4.78 is 5.55. The summed E-state index contributed by atoms with van der Waals surface area (Å²) in [6, 6.07) is 13.5. The predicted octanol–water partition coefficient (Wildman–Crippen LogP) is 4.83. The van der Waals surface area contributed by atoms with E-state index in [4.69, 9.17) is 9.51 Å². The minimum Gasteiger partial charge on any atom is -0.356 e. The number of aryl methyl sites for hydroxylation is 2. The molecule has 1 saturated heterocycles. The highest BCUT2D eigenvalue weighted by atomic mass is 16.5. The summed E-state index contributed by atoms with van der Waals surface area (Å²) >= 11 is 0. The van der Waals surface area contributed by atoms with Crippen molar-refractivity contribution in [2.45, 2.75) is 32.6 Å². The van der Waals surface area contributed by atoms with Gasteiger partial charge in [0.05, 0.1) is 17.0 Å². The summed E-state index contributed by atoms with van der Waals surface area (Å²) in [6.45, 7) is 5.24. The molecule has 1 aliphatic heterocycles. The van der Waals surface area contributed by atoms with Crippen molar-refractivity contribution in [2.24, 2.45) is 0 Å². The third kappa shape index (κ3) is 4.26. The zero-order chi connectivity index (χ0) is 22.8. The molecule has 0 unspecified atom stereocenters. The molecule has 3 aromatic heterocycles. The molecule has 0 radical (unpaired) electrons. The Morgan fingerprint density at radius 2 is 1.82 bits per heavy atom. The summed E-state index contributed by atoms with van der Waals surface area (Å²) in [7, 11) is 0. The number of hydrogen-bond donors (Lipinski definition) is 0. The van der Waals surface area contributed by atoms with Crippen LogP contribution in [0.3, 0.4) is 0 Å². The van der Waals surface area contributed by atoms with Crippen molar-refractivity contribution in [1.82, 2.24) is 25.0 Å². The number of pyridine rings is 1. The van der Waals surface area contributed by atoms with Gasteiger partial charge in [-0.15, -0.1) is 0 Å². The second kappa shape index (κ2) is 8.94. The summed E-state index contributed by atoms with van der Waals surface area (Å²) in [4.78, 5) is 28.7. The zero-order valence-corrected chi connectivity index (χ0v) is 18.7. The van der Waals surface area contributed by atoms with Crippen molar-refractivity contribution < 1.29 is 9.32 Å². The molecule has 4 heterocycles. The molecule has 1 aliphatic rings. The molecule has 0 atom stereocenters. The fourth-order valence-electron chi connectivity index (χ4n) is 4.37. The monoisotopic (exact) mass is 439 g/mol. The Balaban J connectivity index is 1.43. The predicted molar refractivity (Wildman–Crippen MR) is 125 cm³/mol. The molecule has 7 nitrogen and oxygen atoms in total. The second-order valence-electron chi connectivity index (χ2n) is 8.44. The van der Waals surface area contributed by atoms with Gasteiger partial charge in [0.25, 0.3) is 5.91 Å². The molecule has 166 valence electrons. The quantitative estimate of drug-likeness (QED) is 0.453. The molecule has 0 aliphatic carbocycles. The van der Waals surface area contributed by atoms with Crippen LogP contribution in [0.2, 0.25) is 0 Å². The second-order valence-corrected chi connectivity index (χ2v) is 8.44. The van der Waals surface area contributed by atoms with Gasteiger partial charge in [-0.25, -0.2) is 9.97 Å². The van der Waals surface area contributed by atoms with E-state index in [1.54, 1.807) is 12.4 Å². The van der Waals surface area contributed by atoms with Crippen LogP contribution >= 0.6 is 0 Å². The van der Waals surface area contributed by atoms with E-state index in [0.29, 0.717) is 24.7 Å². The lowest BCUT2D eigenvalue weighted by Gasteiger charge is -2.32. The Hall–Kier alpha value is -3.87. The first-order valence-electron chi connectivity index (χ1n) is 11.2. The molecule has 0 spiro atoms. The van der Waals surface area contributed by atoms with Crippen LogP contribution in [-0.4, -0.2) is 44.0 Å². The van der Waals surface area contributed by atoms with Gasteiger partial charge in [-0.3, -0.25) is 9.78 Å². The Morgan fingerprint density at radius 3 is 2.52 bits per heavy atom.